The number of non-ortho nitro benzene ring substituents is 1. The molecule has 1 fully saturated rings. The van der Waals surface area contributed by atoms with Gasteiger partial charge in [0.15, 0.2) is 11.5 Å². The number of carbonyl (C=O) groups is 1. The van der Waals surface area contributed by atoms with Gasteiger partial charge < -0.3 is 30.3 Å². The number of benzene rings is 5. The molecule has 1 saturated heterocycles. The number of hydrogen-bond donors (Lipinski definition) is 6. The minimum atomic E-state index is -4.47. The van der Waals surface area contributed by atoms with Crippen LogP contribution in [0, 0.1) is 15.9 Å². The van der Waals surface area contributed by atoms with E-state index in [1.54, 1.807) is 30.3 Å². The van der Waals surface area contributed by atoms with Gasteiger partial charge in [-0.1, -0.05) is 60.1 Å². The Balaban J connectivity index is 0.000000255. The number of carbonyl (C=O) groups excluding carboxylic acids is 1. The number of anilines is 1. The van der Waals surface area contributed by atoms with E-state index in [0.29, 0.717) is 30.6 Å². The fourth-order valence-corrected chi connectivity index (χ4v) is 7.44. The molecule has 0 amide bonds. The topological polar surface area (TPSA) is 246 Å². The highest BCUT2D eigenvalue weighted by atomic mass is 79.9. The second-order valence-electron chi connectivity index (χ2n) is 14.2. The number of ketones is 1. The second-order valence-corrected chi connectivity index (χ2v) is 18.3. The van der Waals surface area contributed by atoms with Gasteiger partial charge in [-0.05, 0) is 111 Å². The van der Waals surface area contributed by atoms with Gasteiger partial charge in [0.25, 0.3) is 15.8 Å². The summed E-state index contributed by atoms with van der Waals surface area (Å²) in [6, 6.07) is 28.6. The molecule has 0 bridgehead atoms. The fraction of sp³-hybridized carbons (Fsp3) is 0.295. The standard InChI is InChI=1S/C21H23BrFNO2.C13H12N2O5S.C6H6O5S.C4H11N/c22-18-7-5-17(6-8-18)21(26)11-14-24(15-12-21)13-1-2-20(25)16-3-9-19(23)10-4-16;1-21(18,19)14-12-8-7-10(15(16)17)9-13(12)20-11-5-3-2-4-6-11;7-4-1-2-5(8)6(3-4)12(9,10)11;1-3-5-4-2/h3-10,26H,1-2,11-15H2;2-9,14H,1H3;1-3,7-8H,(H,9,10,11);5H,3-4H2,1-2H3. The molecular formula is C44H52BrFN4O12S2. The van der Waals surface area contributed by atoms with Crippen LogP contribution in [0.5, 0.6) is 23.0 Å². The van der Waals surface area contributed by atoms with Gasteiger partial charge in [-0.2, -0.15) is 8.42 Å². The lowest BCUT2D eigenvalue weighted by molar-refractivity contribution is -0.384. The number of phenolic OH excluding ortho intramolecular Hbond substituents is 2. The van der Waals surface area contributed by atoms with Gasteiger partial charge in [-0.3, -0.25) is 24.2 Å². The summed E-state index contributed by atoms with van der Waals surface area (Å²) in [6.07, 6.45) is 3.60. The third kappa shape index (κ3) is 18.3. The Bertz CT molecular complexity index is 2490. The van der Waals surface area contributed by atoms with Gasteiger partial charge in [0.1, 0.15) is 28.0 Å². The summed E-state index contributed by atoms with van der Waals surface area (Å²) in [7, 11) is -7.99. The first-order valence-corrected chi connectivity index (χ1v) is 24.0. The normalized spacial score (nSPS) is 13.4. The van der Waals surface area contributed by atoms with E-state index in [4.69, 9.17) is 19.5 Å². The molecule has 6 N–H and O–H groups in total. The Morgan fingerprint density at radius 1 is 0.891 bits per heavy atom. The van der Waals surface area contributed by atoms with Crippen molar-refractivity contribution < 1.29 is 55.6 Å². The molecule has 5 aromatic rings. The van der Waals surface area contributed by atoms with E-state index in [1.165, 1.54) is 42.5 Å². The summed E-state index contributed by atoms with van der Waals surface area (Å²) in [6.45, 7) is 8.86. The van der Waals surface area contributed by atoms with Crippen LogP contribution < -0.4 is 14.8 Å². The number of phenols is 2. The number of Topliss-reactive ketones (excluding diaryl/α,β-unsaturated/α-hetero) is 1. The van der Waals surface area contributed by atoms with Gasteiger partial charge in [-0.25, -0.2) is 12.8 Å². The molecule has 6 rings (SSSR count). The monoisotopic (exact) mass is 990 g/mol. The quantitative estimate of drug-likeness (QED) is 0.0202. The number of para-hydroxylation sites is 1. The van der Waals surface area contributed by atoms with Crippen LogP contribution in [0.4, 0.5) is 15.8 Å². The maximum Gasteiger partial charge on any atom is 0.298 e. The van der Waals surface area contributed by atoms with Gasteiger partial charge >= 0.3 is 0 Å². The summed E-state index contributed by atoms with van der Waals surface area (Å²) in [5, 5.41) is 42.6. The number of aromatic hydroxyl groups is 2. The summed E-state index contributed by atoms with van der Waals surface area (Å²) in [5.41, 5.74) is 0.703. The summed E-state index contributed by atoms with van der Waals surface area (Å²) < 4.78 is 73.8. The van der Waals surface area contributed by atoms with Crippen molar-refractivity contribution in [1.29, 1.82) is 0 Å². The number of piperidine rings is 1. The van der Waals surface area contributed by atoms with Crippen molar-refractivity contribution in [2.24, 2.45) is 0 Å². The van der Waals surface area contributed by atoms with Crippen LogP contribution in [0.1, 0.15) is 55.5 Å². The highest BCUT2D eigenvalue weighted by Gasteiger charge is 2.33. The van der Waals surface area contributed by atoms with E-state index >= 15 is 0 Å². The Hall–Kier alpha value is -5.48. The fourth-order valence-electron chi connectivity index (χ4n) is 6.01. The van der Waals surface area contributed by atoms with Crippen LogP contribution >= 0.6 is 15.9 Å². The molecule has 1 aliphatic heterocycles. The van der Waals surface area contributed by atoms with Crippen LogP contribution in [-0.4, -0.2) is 91.3 Å². The largest absolute Gasteiger partial charge is 0.508 e. The molecule has 1 aliphatic rings. The van der Waals surface area contributed by atoms with E-state index in [2.05, 4.69) is 44.7 Å². The molecule has 0 aliphatic carbocycles. The highest BCUT2D eigenvalue weighted by molar-refractivity contribution is 9.10. The predicted octanol–water partition coefficient (Wildman–Crippen LogP) is 8.25. The third-order valence-electron chi connectivity index (χ3n) is 9.27. The number of nitro benzene ring substituents is 1. The number of sulfonamides is 1. The molecule has 16 nitrogen and oxygen atoms in total. The van der Waals surface area contributed by atoms with Crippen molar-refractivity contribution in [3.8, 4) is 23.0 Å². The minimum absolute atomic E-state index is 0.0494. The molecule has 0 aromatic heterocycles. The molecule has 346 valence electrons. The first-order chi connectivity index (χ1) is 30.1. The molecular weight excluding hydrogens is 940 g/mol. The number of nitrogens with zero attached hydrogens (tertiary/aromatic N) is 2. The molecule has 5 aromatic carbocycles. The number of hydrogen-bond acceptors (Lipinski definition) is 13. The zero-order chi connectivity index (χ0) is 47.5. The average molecular weight is 992 g/mol. The minimum Gasteiger partial charge on any atom is -0.508 e. The Morgan fingerprint density at radius 3 is 2.02 bits per heavy atom. The van der Waals surface area contributed by atoms with Crippen LogP contribution in [0.2, 0.25) is 0 Å². The summed E-state index contributed by atoms with van der Waals surface area (Å²) in [4.78, 5) is 24.0. The maximum atomic E-state index is 12.9. The maximum absolute atomic E-state index is 12.9. The van der Waals surface area contributed by atoms with E-state index in [9.17, 15) is 41.2 Å². The molecule has 0 spiro atoms. The van der Waals surface area contributed by atoms with E-state index < -0.39 is 41.3 Å². The predicted molar refractivity (Wildman–Crippen MR) is 246 cm³/mol. The number of nitro groups is 1. The van der Waals surface area contributed by atoms with Crippen LogP contribution in [0.15, 0.2) is 125 Å². The zero-order valence-electron chi connectivity index (χ0n) is 35.4. The second kappa shape index (κ2) is 25.1. The zero-order valence-corrected chi connectivity index (χ0v) is 38.6. The number of halogens is 2. The van der Waals surface area contributed by atoms with Crippen LogP contribution in [0.3, 0.4) is 0 Å². The molecule has 0 atom stereocenters. The Kier molecular flexibility index (Phi) is 20.8. The van der Waals surface area contributed by atoms with Gasteiger partial charge in [0, 0.05) is 41.7 Å². The molecule has 1 heterocycles. The first kappa shape index (κ1) is 52.9. The third-order valence-corrected chi connectivity index (χ3v) is 11.3. The molecule has 64 heavy (non-hydrogen) atoms. The lowest BCUT2D eigenvalue weighted by Crippen LogP contribution is -2.42. The van der Waals surface area contributed by atoms with Gasteiger partial charge in [-0.15, -0.1) is 0 Å². The summed E-state index contributed by atoms with van der Waals surface area (Å²) in [5.74, 6) is -0.729. The van der Waals surface area contributed by atoms with Crippen molar-refractivity contribution in [3.05, 3.63) is 147 Å². The summed E-state index contributed by atoms with van der Waals surface area (Å²) >= 11 is 3.42. The van der Waals surface area contributed by atoms with Crippen molar-refractivity contribution >= 4 is 53.2 Å². The van der Waals surface area contributed by atoms with Crippen molar-refractivity contribution in [3.63, 3.8) is 0 Å². The number of nitrogens with one attached hydrogen (secondary N) is 2. The van der Waals surface area contributed by atoms with Crippen molar-refractivity contribution in [2.75, 3.05) is 43.7 Å². The Morgan fingerprint density at radius 2 is 1.50 bits per heavy atom. The van der Waals surface area contributed by atoms with E-state index in [0.717, 1.165) is 73.6 Å². The number of aliphatic hydroxyl groups is 1. The molecule has 0 unspecified atom stereocenters. The molecule has 20 heteroatoms. The smallest absolute Gasteiger partial charge is 0.298 e. The number of ether oxygens (including phenoxy) is 1. The lowest BCUT2D eigenvalue weighted by Gasteiger charge is -2.38. The Labute approximate surface area is 380 Å². The number of rotatable bonds is 14. The molecule has 0 saturated carbocycles. The van der Waals surface area contributed by atoms with Crippen molar-refractivity contribution in [1.82, 2.24) is 10.2 Å². The number of likely N-dealkylation sites (tertiary alicyclic amines) is 1. The van der Waals surface area contributed by atoms with Crippen LogP contribution in [0.25, 0.3) is 0 Å². The van der Waals surface area contributed by atoms with Crippen LogP contribution in [-0.2, 0) is 25.7 Å². The SMILES string of the molecule is CCNCC.CS(=O)(=O)Nc1ccc([N+](=O)[O-])cc1Oc1ccccc1.O=C(CCCN1CCC(O)(c2ccc(Br)cc2)CC1)c1ccc(F)cc1.O=S(=O)(O)c1cc(O)ccc1O. The molecule has 0 radical (unpaired) electrons. The highest BCUT2D eigenvalue weighted by Crippen LogP contribution is 2.35. The van der Waals surface area contributed by atoms with Gasteiger partial charge in [0.05, 0.1) is 28.5 Å². The van der Waals surface area contributed by atoms with Gasteiger partial charge in [0.2, 0.25) is 10.0 Å². The first-order valence-electron chi connectivity index (χ1n) is 19.8. The van der Waals surface area contributed by atoms with Crippen molar-refractivity contribution in [2.45, 2.75) is 50.0 Å². The van der Waals surface area contributed by atoms with E-state index in [1.807, 2.05) is 24.3 Å². The average Bonchev–Trinajstić information content (AvgIpc) is 3.24. The van der Waals surface area contributed by atoms with E-state index in [-0.39, 0.29) is 34.5 Å². The lowest BCUT2D eigenvalue weighted by atomic mass is 9.84.